The number of allylic oxidation sites excluding steroid dienone is 1. The quantitative estimate of drug-likeness (QED) is 0.771. The normalized spacial score (nSPS) is 29.2. The maximum Gasteiger partial charge on any atom is 0.0380 e. The maximum atomic E-state index is 3.91. The molecule has 96 valence electrons. The molecule has 1 aromatic carbocycles. The van der Waals surface area contributed by atoms with Crippen LogP contribution in [0.1, 0.15) is 50.3 Å². The van der Waals surface area contributed by atoms with E-state index < -0.39 is 0 Å². The van der Waals surface area contributed by atoms with Gasteiger partial charge >= 0.3 is 0 Å². The van der Waals surface area contributed by atoms with E-state index >= 15 is 0 Å². The van der Waals surface area contributed by atoms with Crippen LogP contribution in [0.2, 0.25) is 0 Å². The van der Waals surface area contributed by atoms with Gasteiger partial charge in [-0.3, -0.25) is 0 Å². The summed E-state index contributed by atoms with van der Waals surface area (Å²) in [7, 11) is 0. The van der Waals surface area contributed by atoms with Crippen LogP contribution in [0.5, 0.6) is 0 Å². The first-order valence-corrected chi connectivity index (χ1v) is 7.16. The molecule has 0 saturated carbocycles. The molecule has 0 fully saturated rings. The molecule has 2 aliphatic carbocycles. The van der Waals surface area contributed by atoms with Crippen molar-refractivity contribution in [1.82, 2.24) is 5.32 Å². The number of fused-ring (bicyclic) bond motifs is 1. The molecule has 3 rings (SSSR count). The van der Waals surface area contributed by atoms with Gasteiger partial charge in [0.25, 0.3) is 0 Å². The van der Waals surface area contributed by atoms with Gasteiger partial charge in [0.05, 0.1) is 0 Å². The van der Waals surface area contributed by atoms with Gasteiger partial charge in [-0.2, -0.15) is 0 Å². The van der Waals surface area contributed by atoms with E-state index in [1.165, 1.54) is 36.8 Å². The van der Waals surface area contributed by atoms with E-state index in [1.807, 2.05) is 0 Å². The molecule has 1 aromatic rings. The highest BCUT2D eigenvalue weighted by Crippen LogP contribution is 2.45. The minimum absolute atomic E-state index is 0.338. The fourth-order valence-corrected chi connectivity index (χ4v) is 3.49. The molecule has 1 nitrogen and oxygen atoms in total. The zero-order chi connectivity index (χ0) is 12.6. The molecule has 2 atom stereocenters. The fourth-order valence-electron chi connectivity index (χ4n) is 3.49. The predicted octanol–water partition coefficient (Wildman–Crippen LogP) is 4.01. The average Bonchev–Trinajstić information content (AvgIpc) is 2.62. The molecule has 1 N–H and O–H groups in total. The minimum atomic E-state index is 0.338. The average molecular weight is 241 g/mol. The second kappa shape index (κ2) is 4.55. The molecule has 2 unspecified atom stereocenters. The fraction of sp³-hybridized carbons (Fsp3) is 0.529. The highest BCUT2D eigenvalue weighted by atomic mass is 15.0. The molecule has 2 aliphatic rings. The summed E-state index contributed by atoms with van der Waals surface area (Å²) in [5, 5.41) is 3.91. The molecule has 18 heavy (non-hydrogen) atoms. The highest BCUT2D eigenvalue weighted by molar-refractivity contribution is 5.37. The van der Waals surface area contributed by atoms with Crippen LogP contribution in [-0.4, -0.2) is 6.04 Å². The van der Waals surface area contributed by atoms with Crippen LogP contribution in [-0.2, 0) is 6.42 Å². The lowest BCUT2D eigenvalue weighted by Gasteiger charge is -2.33. The first kappa shape index (κ1) is 12.0. The lowest BCUT2D eigenvalue weighted by atomic mass is 9.84. The summed E-state index contributed by atoms with van der Waals surface area (Å²) >= 11 is 0. The Balaban J connectivity index is 1.83. The zero-order valence-corrected chi connectivity index (χ0v) is 11.4. The molecule has 0 radical (unpaired) electrons. The van der Waals surface area contributed by atoms with Crippen molar-refractivity contribution in [1.29, 1.82) is 0 Å². The van der Waals surface area contributed by atoms with Crippen LogP contribution >= 0.6 is 0 Å². The molecule has 0 spiro atoms. The van der Waals surface area contributed by atoms with Crippen LogP contribution in [0.3, 0.4) is 0 Å². The van der Waals surface area contributed by atoms with Crippen LogP contribution < -0.4 is 5.32 Å². The molecule has 0 aliphatic heterocycles. The third-order valence-corrected chi connectivity index (χ3v) is 4.47. The van der Waals surface area contributed by atoms with Crippen molar-refractivity contribution >= 4 is 0 Å². The maximum absolute atomic E-state index is 3.91. The molecule has 0 bridgehead atoms. The topological polar surface area (TPSA) is 12.0 Å². The van der Waals surface area contributed by atoms with Crippen LogP contribution in [0.15, 0.2) is 36.4 Å². The van der Waals surface area contributed by atoms with Gasteiger partial charge in [0.1, 0.15) is 0 Å². The molecule has 0 amide bonds. The van der Waals surface area contributed by atoms with E-state index in [0.29, 0.717) is 17.5 Å². The van der Waals surface area contributed by atoms with Crippen molar-refractivity contribution in [2.75, 3.05) is 0 Å². The Labute approximate surface area is 110 Å². The Bertz CT molecular complexity index is 458. The Hall–Kier alpha value is -1.08. The van der Waals surface area contributed by atoms with Crippen molar-refractivity contribution in [3.8, 4) is 0 Å². The van der Waals surface area contributed by atoms with E-state index in [-0.39, 0.29) is 0 Å². The van der Waals surface area contributed by atoms with Gasteiger partial charge in [-0.25, -0.2) is 0 Å². The zero-order valence-electron chi connectivity index (χ0n) is 11.4. The number of hydrogen-bond acceptors (Lipinski definition) is 1. The molecule has 0 saturated heterocycles. The number of hydrogen-bond donors (Lipinski definition) is 1. The second-order valence-electron chi connectivity index (χ2n) is 6.45. The first-order valence-electron chi connectivity index (χ1n) is 7.16. The van der Waals surface area contributed by atoms with Gasteiger partial charge in [-0.1, -0.05) is 50.3 Å². The van der Waals surface area contributed by atoms with E-state index in [4.69, 9.17) is 0 Å². The molecule has 0 heterocycles. The van der Waals surface area contributed by atoms with Crippen LogP contribution in [0, 0.1) is 5.41 Å². The van der Waals surface area contributed by atoms with Crippen molar-refractivity contribution in [3.05, 3.63) is 47.5 Å². The molecular formula is C17H23N. The second-order valence-corrected chi connectivity index (χ2v) is 6.45. The number of rotatable bonds is 2. The largest absolute Gasteiger partial charge is 0.306 e. The summed E-state index contributed by atoms with van der Waals surface area (Å²) < 4.78 is 0. The monoisotopic (exact) mass is 241 g/mol. The summed E-state index contributed by atoms with van der Waals surface area (Å²) in [4.78, 5) is 0. The summed E-state index contributed by atoms with van der Waals surface area (Å²) in [6, 6.07) is 10.1. The molecular weight excluding hydrogens is 218 g/mol. The van der Waals surface area contributed by atoms with E-state index in [1.54, 1.807) is 0 Å². The Morgan fingerprint density at radius 1 is 1.17 bits per heavy atom. The van der Waals surface area contributed by atoms with Crippen molar-refractivity contribution < 1.29 is 0 Å². The lowest BCUT2D eigenvalue weighted by Crippen LogP contribution is -2.38. The Kier molecular flexibility index (Phi) is 3.03. The van der Waals surface area contributed by atoms with Gasteiger partial charge < -0.3 is 5.32 Å². The van der Waals surface area contributed by atoms with Gasteiger partial charge in [-0.05, 0) is 42.2 Å². The number of nitrogens with one attached hydrogen (secondary N) is 1. The predicted molar refractivity (Wildman–Crippen MR) is 76.6 cm³/mol. The SMILES string of the molecule is CC1(C)Cc2ccccc2C1NC1CC=CCC1. The third kappa shape index (κ3) is 2.12. The standard InChI is InChI=1S/C17H23N/c1-17(2)12-13-8-6-7-11-15(13)16(17)18-14-9-4-3-5-10-14/h3-4,6-8,11,14,16,18H,5,9-10,12H2,1-2H3. The molecule has 1 heteroatoms. The van der Waals surface area contributed by atoms with Crippen LogP contribution in [0.4, 0.5) is 0 Å². The summed E-state index contributed by atoms with van der Waals surface area (Å²) in [5.41, 5.74) is 3.40. The summed E-state index contributed by atoms with van der Waals surface area (Å²) in [6.45, 7) is 4.78. The Morgan fingerprint density at radius 3 is 2.78 bits per heavy atom. The van der Waals surface area contributed by atoms with Gasteiger partial charge in [0.15, 0.2) is 0 Å². The molecule has 0 aromatic heterocycles. The van der Waals surface area contributed by atoms with E-state index in [0.717, 1.165) is 0 Å². The third-order valence-electron chi connectivity index (χ3n) is 4.47. The first-order chi connectivity index (χ1) is 8.67. The van der Waals surface area contributed by atoms with Crippen molar-refractivity contribution in [2.24, 2.45) is 5.41 Å². The van der Waals surface area contributed by atoms with Gasteiger partial charge in [0.2, 0.25) is 0 Å². The summed E-state index contributed by atoms with van der Waals surface area (Å²) in [6.07, 6.45) is 9.54. The summed E-state index contributed by atoms with van der Waals surface area (Å²) in [5.74, 6) is 0. The minimum Gasteiger partial charge on any atom is -0.306 e. The van der Waals surface area contributed by atoms with E-state index in [9.17, 15) is 0 Å². The van der Waals surface area contributed by atoms with Crippen LogP contribution in [0.25, 0.3) is 0 Å². The highest BCUT2D eigenvalue weighted by Gasteiger charge is 2.39. The van der Waals surface area contributed by atoms with Gasteiger partial charge in [-0.15, -0.1) is 0 Å². The smallest absolute Gasteiger partial charge is 0.0380 e. The lowest BCUT2D eigenvalue weighted by molar-refractivity contribution is 0.242. The van der Waals surface area contributed by atoms with Crippen molar-refractivity contribution in [3.63, 3.8) is 0 Å². The Morgan fingerprint density at radius 2 is 2.00 bits per heavy atom. The number of benzene rings is 1. The van der Waals surface area contributed by atoms with Gasteiger partial charge in [0, 0.05) is 12.1 Å². The van der Waals surface area contributed by atoms with E-state index in [2.05, 4.69) is 55.6 Å². The van der Waals surface area contributed by atoms with Crippen molar-refractivity contribution in [2.45, 2.75) is 51.6 Å².